The van der Waals surface area contributed by atoms with E-state index in [0.29, 0.717) is 13.1 Å². The zero-order valence-electron chi connectivity index (χ0n) is 18.9. The Balaban J connectivity index is 1.47. The van der Waals surface area contributed by atoms with Gasteiger partial charge in [-0.3, -0.25) is 14.5 Å². The van der Waals surface area contributed by atoms with Crippen LogP contribution in [-0.4, -0.2) is 75.0 Å². The van der Waals surface area contributed by atoms with Crippen LogP contribution in [0.2, 0.25) is 0 Å². The fourth-order valence-corrected chi connectivity index (χ4v) is 3.80. The Bertz CT molecular complexity index is 923. The number of benzene rings is 2. The number of hydrogen-bond acceptors (Lipinski definition) is 5. The number of likely N-dealkylation sites (N-methyl/N-ethyl adjacent to an activating group) is 1. The molecule has 1 N–H and O–H groups in total. The quantitative estimate of drug-likeness (QED) is 0.740. The van der Waals surface area contributed by atoms with Crippen molar-refractivity contribution >= 4 is 23.2 Å². The summed E-state index contributed by atoms with van der Waals surface area (Å²) in [6, 6.07) is 13.8. The van der Waals surface area contributed by atoms with Crippen LogP contribution in [0, 0.1) is 13.8 Å². The van der Waals surface area contributed by atoms with E-state index in [1.54, 1.807) is 19.1 Å². The molecule has 1 saturated heterocycles. The number of amides is 2. The van der Waals surface area contributed by atoms with Crippen molar-refractivity contribution in [1.82, 2.24) is 9.80 Å². The molecule has 7 heteroatoms. The monoisotopic (exact) mass is 424 g/mol. The summed E-state index contributed by atoms with van der Waals surface area (Å²) < 4.78 is 5.45. The van der Waals surface area contributed by atoms with E-state index in [1.165, 1.54) is 0 Å². The normalized spacial score (nSPS) is 14.0. The maximum atomic E-state index is 12.7. The zero-order valence-corrected chi connectivity index (χ0v) is 18.9. The second kappa shape index (κ2) is 10.3. The van der Waals surface area contributed by atoms with Crippen LogP contribution in [0.3, 0.4) is 0 Å². The molecule has 0 spiro atoms. The molecular weight excluding hydrogens is 392 g/mol. The number of carbonyl (C=O) groups excluding carboxylic acids is 2. The molecule has 1 aliphatic heterocycles. The molecule has 0 saturated carbocycles. The predicted octanol–water partition coefficient (Wildman–Crippen LogP) is 2.53. The summed E-state index contributed by atoms with van der Waals surface area (Å²) in [5.74, 6) is 0.767. The van der Waals surface area contributed by atoms with Crippen molar-refractivity contribution < 1.29 is 14.3 Å². The second-order valence-corrected chi connectivity index (χ2v) is 8.01. The summed E-state index contributed by atoms with van der Waals surface area (Å²) in [5, 5.41) is 2.95. The Morgan fingerprint density at radius 2 is 1.71 bits per heavy atom. The summed E-state index contributed by atoms with van der Waals surface area (Å²) in [6.45, 7) is 7.20. The number of nitrogens with zero attached hydrogens (tertiary/aromatic N) is 3. The molecule has 2 amide bonds. The van der Waals surface area contributed by atoms with E-state index in [9.17, 15) is 9.59 Å². The first-order chi connectivity index (χ1) is 14.9. The van der Waals surface area contributed by atoms with E-state index in [2.05, 4.69) is 10.2 Å². The molecule has 0 atom stereocenters. The van der Waals surface area contributed by atoms with Crippen molar-refractivity contribution in [3.05, 3.63) is 53.6 Å². The average molecular weight is 425 g/mol. The third kappa shape index (κ3) is 5.76. The van der Waals surface area contributed by atoms with Gasteiger partial charge in [0.05, 0.1) is 25.9 Å². The SMILES string of the molecule is COc1ccccc1N1CCN(C(=O)CN(C)CC(=O)Nc2cccc(C)c2C)CC1. The van der Waals surface area contributed by atoms with E-state index >= 15 is 0 Å². The van der Waals surface area contributed by atoms with Gasteiger partial charge in [0.2, 0.25) is 11.8 Å². The van der Waals surface area contributed by atoms with Gasteiger partial charge in [0.15, 0.2) is 0 Å². The first kappa shape index (κ1) is 22.6. The number of carbonyl (C=O) groups is 2. The summed E-state index contributed by atoms with van der Waals surface area (Å²) in [5.41, 5.74) is 4.06. The minimum atomic E-state index is -0.120. The maximum absolute atomic E-state index is 12.7. The third-order valence-electron chi connectivity index (χ3n) is 5.76. The van der Waals surface area contributed by atoms with E-state index < -0.39 is 0 Å². The topological polar surface area (TPSA) is 65.1 Å². The van der Waals surface area contributed by atoms with Gasteiger partial charge >= 0.3 is 0 Å². The molecule has 7 nitrogen and oxygen atoms in total. The number of anilines is 2. The molecule has 31 heavy (non-hydrogen) atoms. The largest absolute Gasteiger partial charge is 0.495 e. The lowest BCUT2D eigenvalue weighted by atomic mass is 10.1. The van der Waals surface area contributed by atoms with Gasteiger partial charge in [0.1, 0.15) is 5.75 Å². The van der Waals surface area contributed by atoms with Gasteiger partial charge in [-0.25, -0.2) is 0 Å². The molecule has 0 radical (unpaired) electrons. The van der Waals surface area contributed by atoms with Crippen molar-refractivity contribution in [2.24, 2.45) is 0 Å². The molecule has 0 aliphatic carbocycles. The minimum Gasteiger partial charge on any atom is -0.495 e. The molecule has 2 aromatic rings. The fraction of sp³-hybridized carbons (Fsp3) is 0.417. The molecule has 166 valence electrons. The van der Waals surface area contributed by atoms with Crippen LogP contribution >= 0.6 is 0 Å². The standard InChI is InChI=1S/C24H32N4O3/c1-18-8-7-9-20(19(18)2)25-23(29)16-26(3)17-24(30)28-14-12-27(13-15-28)21-10-5-6-11-22(21)31-4/h5-11H,12-17H2,1-4H3,(H,25,29). The summed E-state index contributed by atoms with van der Waals surface area (Å²) in [6.07, 6.45) is 0. The first-order valence-electron chi connectivity index (χ1n) is 10.6. The molecule has 1 heterocycles. The fourth-order valence-electron chi connectivity index (χ4n) is 3.80. The van der Waals surface area contributed by atoms with Gasteiger partial charge in [-0.05, 0) is 50.2 Å². The van der Waals surface area contributed by atoms with E-state index in [0.717, 1.165) is 41.3 Å². The van der Waals surface area contributed by atoms with Crippen LogP contribution in [0.5, 0.6) is 5.75 Å². The molecule has 1 fully saturated rings. The lowest BCUT2D eigenvalue weighted by Gasteiger charge is -2.37. The van der Waals surface area contributed by atoms with Gasteiger partial charge in [-0.15, -0.1) is 0 Å². The van der Waals surface area contributed by atoms with Crippen LogP contribution in [-0.2, 0) is 9.59 Å². The van der Waals surface area contributed by atoms with Crippen LogP contribution in [0.15, 0.2) is 42.5 Å². The Hall–Kier alpha value is -3.06. The summed E-state index contributed by atoms with van der Waals surface area (Å²) >= 11 is 0. The molecule has 0 aromatic heterocycles. The number of aryl methyl sites for hydroxylation is 1. The molecule has 0 bridgehead atoms. The Labute approximate surface area is 184 Å². The van der Waals surface area contributed by atoms with Crippen LogP contribution in [0.1, 0.15) is 11.1 Å². The molecule has 0 unspecified atom stereocenters. The highest BCUT2D eigenvalue weighted by atomic mass is 16.5. The highest BCUT2D eigenvalue weighted by Gasteiger charge is 2.24. The van der Waals surface area contributed by atoms with E-state index in [4.69, 9.17) is 4.74 Å². The summed E-state index contributed by atoms with van der Waals surface area (Å²) in [7, 11) is 3.47. The van der Waals surface area contributed by atoms with E-state index in [-0.39, 0.29) is 24.9 Å². The van der Waals surface area contributed by atoms with Gasteiger partial charge in [0.25, 0.3) is 0 Å². The molecule has 3 rings (SSSR count). The van der Waals surface area contributed by atoms with Gasteiger partial charge in [-0.2, -0.15) is 0 Å². The van der Waals surface area contributed by atoms with Gasteiger partial charge in [-0.1, -0.05) is 24.3 Å². The lowest BCUT2D eigenvalue weighted by molar-refractivity contribution is -0.132. The minimum absolute atomic E-state index is 0.0433. The number of para-hydroxylation sites is 2. The number of methoxy groups -OCH3 is 1. The zero-order chi connectivity index (χ0) is 22.4. The van der Waals surface area contributed by atoms with Crippen molar-refractivity contribution in [1.29, 1.82) is 0 Å². The Kier molecular flexibility index (Phi) is 7.52. The third-order valence-corrected chi connectivity index (χ3v) is 5.76. The lowest BCUT2D eigenvalue weighted by Crippen LogP contribution is -2.51. The Morgan fingerprint density at radius 3 is 2.42 bits per heavy atom. The molecule has 1 aliphatic rings. The van der Waals surface area contributed by atoms with Crippen molar-refractivity contribution in [2.75, 3.05) is 63.6 Å². The Morgan fingerprint density at radius 1 is 1.00 bits per heavy atom. The number of nitrogens with one attached hydrogen (secondary N) is 1. The second-order valence-electron chi connectivity index (χ2n) is 8.01. The highest BCUT2D eigenvalue weighted by Crippen LogP contribution is 2.28. The van der Waals surface area contributed by atoms with Gasteiger partial charge in [0, 0.05) is 31.9 Å². The average Bonchev–Trinajstić information content (AvgIpc) is 2.76. The van der Waals surface area contributed by atoms with Crippen LogP contribution in [0.25, 0.3) is 0 Å². The van der Waals surface area contributed by atoms with Crippen molar-refractivity contribution in [3.8, 4) is 5.75 Å². The maximum Gasteiger partial charge on any atom is 0.238 e. The molecular formula is C24H32N4O3. The first-order valence-corrected chi connectivity index (χ1v) is 10.6. The summed E-state index contributed by atoms with van der Waals surface area (Å²) in [4.78, 5) is 31.0. The highest BCUT2D eigenvalue weighted by molar-refractivity contribution is 5.93. The predicted molar refractivity (Wildman–Crippen MR) is 124 cm³/mol. The van der Waals surface area contributed by atoms with Crippen LogP contribution in [0.4, 0.5) is 11.4 Å². The van der Waals surface area contributed by atoms with Gasteiger partial charge < -0.3 is 19.9 Å². The number of rotatable bonds is 7. The number of piperazine rings is 1. The van der Waals surface area contributed by atoms with Crippen LogP contribution < -0.4 is 15.0 Å². The smallest absolute Gasteiger partial charge is 0.238 e. The molecule has 2 aromatic carbocycles. The number of hydrogen-bond donors (Lipinski definition) is 1. The van der Waals surface area contributed by atoms with E-state index in [1.807, 2.05) is 61.2 Å². The number of ether oxygens (including phenoxy) is 1. The van der Waals surface area contributed by atoms with Crippen molar-refractivity contribution in [3.63, 3.8) is 0 Å². The van der Waals surface area contributed by atoms with Crippen molar-refractivity contribution in [2.45, 2.75) is 13.8 Å².